The van der Waals surface area contributed by atoms with Crippen LogP contribution in [0.25, 0.3) is 0 Å². The predicted octanol–water partition coefficient (Wildman–Crippen LogP) is 0.535. The quantitative estimate of drug-likeness (QED) is 0.423. The van der Waals surface area contributed by atoms with Gasteiger partial charge in [-0.05, 0) is 36.6 Å². The van der Waals surface area contributed by atoms with Gasteiger partial charge in [-0.3, -0.25) is 14.6 Å². The Balaban J connectivity index is 2.21. The summed E-state index contributed by atoms with van der Waals surface area (Å²) in [6.45, 7) is 3.69. The lowest BCUT2D eigenvalue weighted by molar-refractivity contribution is -0.127. The van der Waals surface area contributed by atoms with Gasteiger partial charge in [0.1, 0.15) is 6.04 Å². The Kier molecular flexibility index (Phi) is 8.70. The van der Waals surface area contributed by atoms with Gasteiger partial charge in [-0.1, -0.05) is 38.1 Å². The molecular weight excluding hydrogens is 385 g/mol. The van der Waals surface area contributed by atoms with Crippen LogP contribution in [0.1, 0.15) is 36.3 Å². The monoisotopic (exact) mass is 411 g/mol. The molecule has 0 saturated heterocycles. The minimum absolute atomic E-state index is 0.0196. The average Bonchev–Trinajstić information content (AvgIpc) is 2.73. The van der Waals surface area contributed by atoms with Crippen molar-refractivity contribution in [3.63, 3.8) is 0 Å². The van der Waals surface area contributed by atoms with Crippen LogP contribution in [-0.2, 0) is 16.0 Å². The second-order valence-electron chi connectivity index (χ2n) is 7.38. The van der Waals surface area contributed by atoms with Gasteiger partial charge in [-0.15, -0.1) is 0 Å². The molecule has 8 nitrogen and oxygen atoms in total. The van der Waals surface area contributed by atoms with E-state index in [1.165, 1.54) is 0 Å². The third-order valence-electron chi connectivity index (χ3n) is 4.42. The van der Waals surface area contributed by atoms with Crippen LogP contribution >= 0.6 is 0 Å². The average molecular weight is 411 g/mol. The summed E-state index contributed by atoms with van der Waals surface area (Å²) in [5.74, 6) is -1.03. The second-order valence-corrected chi connectivity index (χ2v) is 7.38. The minimum atomic E-state index is -2.19. The van der Waals surface area contributed by atoms with Crippen LogP contribution in [0.2, 0.25) is 0 Å². The number of hydrogen-bond donors (Lipinski definition) is 4. The Bertz CT molecular complexity index is 846. The van der Waals surface area contributed by atoms with Gasteiger partial charge in [0.2, 0.25) is 5.91 Å². The number of benzene rings is 1. The third-order valence-corrected chi connectivity index (χ3v) is 4.42. The van der Waals surface area contributed by atoms with E-state index in [1.807, 2.05) is 13.8 Å². The Hall–Kier alpha value is -3.04. The lowest BCUT2D eigenvalue weighted by Crippen LogP contribution is -2.55. The molecule has 0 fully saturated rings. The summed E-state index contributed by atoms with van der Waals surface area (Å²) in [4.78, 5) is 41.9. The third kappa shape index (κ3) is 7.09. The van der Waals surface area contributed by atoms with Crippen LogP contribution < -0.4 is 10.6 Å². The molecule has 1 aromatic carbocycles. The molecular formula is C21H26BN3O5. The molecule has 2 amide bonds. The Morgan fingerprint density at radius 1 is 0.967 bits per heavy atom. The van der Waals surface area contributed by atoms with Gasteiger partial charge in [-0.2, -0.15) is 0 Å². The van der Waals surface area contributed by atoms with E-state index in [0.29, 0.717) is 11.3 Å². The molecule has 0 radical (unpaired) electrons. The van der Waals surface area contributed by atoms with Gasteiger partial charge in [0.15, 0.2) is 5.68 Å². The van der Waals surface area contributed by atoms with Crippen LogP contribution in [0.5, 0.6) is 0 Å². The summed E-state index contributed by atoms with van der Waals surface area (Å²) in [7, 11) is -2.19. The maximum Gasteiger partial charge on any atom is 0.529 e. The van der Waals surface area contributed by atoms with E-state index in [1.54, 1.807) is 54.7 Å². The van der Waals surface area contributed by atoms with Gasteiger partial charge < -0.3 is 25.5 Å². The van der Waals surface area contributed by atoms with Crippen LogP contribution in [0.4, 0.5) is 0 Å². The first-order chi connectivity index (χ1) is 14.3. The van der Waals surface area contributed by atoms with Crippen molar-refractivity contribution in [2.75, 3.05) is 0 Å². The summed E-state index contributed by atoms with van der Waals surface area (Å²) in [5, 5.41) is 23.8. The zero-order chi connectivity index (χ0) is 22.1. The molecule has 158 valence electrons. The number of aromatic nitrogens is 1. The molecule has 2 atom stereocenters. The zero-order valence-corrected chi connectivity index (χ0v) is 17.0. The summed E-state index contributed by atoms with van der Waals surface area (Å²) >= 11 is 0. The Labute approximate surface area is 175 Å². The number of pyridine rings is 1. The van der Waals surface area contributed by atoms with Crippen molar-refractivity contribution in [1.29, 1.82) is 0 Å². The molecule has 4 N–H and O–H groups in total. The van der Waals surface area contributed by atoms with Crippen molar-refractivity contribution >= 4 is 24.6 Å². The fraction of sp³-hybridized carbons (Fsp3) is 0.333. The van der Waals surface area contributed by atoms with E-state index in [2.05, 4.69) is 15.6 Å². The van der Waals surface area contributed by atoms with Gasteiger partial charge >= 0.3 is 7.12 Å². The van der Waals surface area contributed by atoms with Crippen LogP contribution in [0.15, 0.2) is 54.7 Å². The van der Waals surface area contributed by atoms with Crippen LogP contribution in [0, 0.1) is 5.92 Å². The van der Waals surface area contributed by atoms with Crippen molar-refractivity contribution in [3.05, 3.63) is 66.0 Å². The summed E-state index contributed by atoms with van der Waals surface area (Å²) in [6.07, 6.45) is 1.91. The van der Waals surface area contributed by atoms with Crippen molar-refractivity contribution in [1.82, 2.24) is 15.6 Å². The molecule has 1 heterocycles. The Morgan fingerprint density at radius 3 is 2.20 bits per heavy atom. The highest BCUT2D eigenvalue weighted by Gasteiger charge is 2.33. The zero-order valence-electron chi connectivity index (χ0n) is 17.0. The van der Waals surface area contributed by atoms with Gasteiger partial charge in [-0.25, -0.2) is 0 Å². The lowest BCUT2D eigenvalue weighted by Gasteiger charge is -2.24. The van der Waals surface area contributed by atoms with Crippen LogP contribution in [0.3, 0.4) is 0 Å². The number of hydrogen-bond acceptors (Lipinski definition) is 6. The molecule has 2 rings (SSSR count). The maximum absolute atomic E-state index is 13.0. The topological polar surface area (TPSA) is 129 Å². The fourth-order valence-electron chi connectivity index (χ4n) is 2.94. The molecule has 0 aliphatic rings. The number of rotatable bonds is 10. The molecule has 0 bridgehead atoms. The Morgan fingerprint density at radius 2 is 1.63 bits per heavy atom. The normalized spacial score (nSPS) is 12.7. The standard InChI is InChI=1S/C21H26BN3O5/c1-14(2)12-17(19(26)22(29)30)24-21(28)18(13-16-10-6-7-11-23-16)25-20(27)15-8-4-3-5-9-15/h3-11,14,17-18,29-30H,12-13H2,1-2H3,(H,24,28)(H,25,27)/t17-,18-/m0/s1. The molecule has 30 heavy (non-hydrogen) atoms. The SMILES string of the molecule is CC(C)C[C@H](NC(=O)[C@H](Cc1ccccn1)NC(=O)c1ccccc1)C(=O)B(O)O. The predicted molar refractivity (Wildman–Crippen MR) is 112 cm³/mol. The van der Waals surface area contributed by atoms with Crippen molar-refractivity contribution in [2.45, 2.75) is 38.8 Å². The van der Waals surface area contributed by atoms with Crippen LogP contribution in [-0.4, -0.2) is 51.7 Å². The summed E-state index contributed by atoms with van der Waals surface area (Å²) in [5.41, 5.74) is 0.0693. The van der Waals surface area contributed by atoms with Gasteiger partial charge in [0.25, 0.3) is 5.91 Å². The number of nitrogens with zero attached hydrogens (tertiary/aromatic N) is 1. The van der Waals surface area contributed by atoms with Crippen molar-refractivity contribution < 1.29 is 24.4 Å². The largest absolute Gasteiger partial charge is 0.529 e. The number of nitrogens with one attached hydrogen (secondary N) is 2. The molecule has 9 heteroatoms. The van der Waals surface area contributed by atoms with E-state index in [9.17, 15) is 24.4 Å². The molecule has 1 aromatic heterocycles. The molecule has 0 saturated carbocycles. The first-order valence-corrected chi connectivity index (χ1v) is 9.74. The first-order valence-electron chi connectivity index (χ1n) is 9.74. The fourth-order valence-corrected chi connectivity index (χ4v) is 2.94. The van der Waals surface area contributed by atoms with E-state index in [4.69, 9.17) is 0 Å². The summed E-state index contributed by atoms with van der Waals surface area (Å²) < 4.78 is 0. The molecule has 0 unspecified atom stereocenters. The smallest absolute Gasteiger partial charge is 0.421 e. The molecule has 0 spiro atoms. The molecule has 0 aliphatic carbocycles. The second kappa shape index (κ2) is 11.2. The number of carbonyl (C=O) groups is 3. The van der Waals surface area contributed by atoms with E-state index in [-0.39, 0.29) is 18.8 Å². The highest BCUT2D eigenvalue weighted by atomic mass is 16.4. The lowest BCUT2D eigenvalue weighted by atomic mass is 9.77. The van der Waals surface area contributed by atoms with E-state index < -0.39 is 36.7 Å². The highest BCUT2D eigenvalue weighted by molar-refractivity contribution is 6.79. The molecule has 0 aliphatic heterocycles. The number of carbonyl (C=O) groups excluding carboxylic acids is 3. The van der Waals surface area contributed by atoms with Crippen molar-refractivity contribution in [3.8, 4) is 0 Å². The highest BCUT2D eigenvalue weighted by Crippen LogP contribution is 2.09. The first kappa shape index (κ1) is 23.2. The summed E-state index contributed by atoms with van der Waals surface area (Å²) in [6, 6.07) is 11.6. The van der Waals surface area contributed by atoms with E-state index in [0.717, 1.165) is 0 Å². The van der Waals surface area contributed by atoms with E-state index >= 15 is 0 Å². The molecule has 2 aromatic rings. The maximum atomic E-state index is 13.0. The van der Waals surface area contributed by atoms with Gasteiger partial charge in [0.05, 0.1) is 6.04 Å². The van der Waals surface area contributed by atoms with Crippen molar-refractivity contribution in [2.24, 2.45) is 5.92 Å². The minimum Gasteiger partial charge on any atom is -0.421 e. The van der Waals surface area contributed by atoms with Gasteiger partial charge in [0, 0.05) is 23.9 Å². The number of amides is 2.